The molecule has 6 heteroatoms. The lowest BCUT2D eigenvalue weighted by Gasteiger charge is -2.30. The Hall–Kier alpha value is -2.60. The zero-order valence-corrected chi connectivity index (χ0v) is 16.9. The van der Waals surface area contributed by atoms with Gasteiger partial charge in [0, 0.05) is 25.3 Å². The van der Waals surface area contributed by atoms with Crippen LogP contribution in [-0.2, 0) is 4.74 Å². The minimum Gasteiger partial charge on any atom is -0.378 e. The van der Waals surface area contributed by atoms with Crippen molar-refractivity contribution in [2.24, 2.45) is 0 Å². The second-order valence-electron chi connectivity index (χ2n) is 7.84. The molecule has 0 spiro atoms. The normalized spacial score (nSPS) is 18.1. The number of carbonyl (C=O) groups is 1. The van der Waals surface area contributed by atoms with E-state index < -0.39 is 0 Å². The molecule has 0 bridgehead atoms. The molecule has 2 fully saturated rings. The highest BCUT2D eigenvalue weighted by molar-refractivity contribution is 6.05. The van der Waals surface area contributed by atoms with Gasteiger partial charge in [-0.15, -0.1) is 0 Å². The zero-order valence-electron chi connectivity index (χ0n) is 16.9. The van der Waals surface area contributed by atoms with Crippen LogP contribution in [-0.4, -0.2) is 43.2 Å². The third kappa shape index (κ3) is 5.26. The lowest BCUT2D eigenvalue weighted by atomic mass is 10.1. The first kappa shape index (κ1) is 19.7. The molecule has 1 aromatic heterocycles. The molecule has 29 heavy (non-hydrogen) atoms. The standard InChI is InChI=1S/C23H30N4O2/c28-23(26-20-9-5-6-10-21(20)27-13-15-29-16-14-27)18-11-12-22(24-17-18)25-19-7-3-1-2-4-8-19/h5-6,9-12,17,19H,1-4,7-8,13-16H2,(H,24,25)(H,26,28). The first-order chi connectivity index (χ1) is 14.3. The van der Waals surface area contributed by atoms with Gasteiger partial charge in [-0.1, -0.05) is 37.8 Å². The maximum absolute atomic E-state index is 12.8. The van der Waals surface area contributed by atoms with E-state index in [1.54, 1.807) is 6.20 Å². The van der Waals surface area contributed by atoms with E-state index in [0.717, 1.165) is 30.3 Å². The number of hydrogen-bond donors (Lipinski definition) is 2. The molecule has 1 aromatic carbocycles. The molecule has 0 atom stereocenters. The number of pyridine rings is 1. The summed E-state index contributed by atoms with van der Waals surface area (Å²) in [6, 6.07) is 12.2. The van der Waals surface area contributed by atoms with Gasteiger partial charge in [0.05, 0.1) is 30.2 Å². The summed E-state index contributed by atoms with van der Waals surface area (Å²) in [5.74, 6) is 0.710. The fourth-order valence-corrected chi connectivity index (χ4v) is 4.10. The van der Waals surface area contributed by atoms with Gasteiger partial charge < -0.3 is 20.3 Å². The van der Waals surface area contributed by atoms with Crippen LogP contribution in [0.25, 0.3) is 0 Å². The van der Waals surface area contributed by atoms with Crippen molar-refractivity contribution < 1.29 is 9.53 Å². The van der Waals surface area contributed by atoms with Gasteiger partial charge in [0.2, 0.25) is 0 Å². The number of carbonyl (C=O) groups excluding carboxylic acids is 1. The van der Waals surface area contributed by atoms with Crippen LogP contribution in [0.2, 0.25) is 0 Å². The third-order valence-corrected chi connectivity index (χ3v) is 5.74. The van der Waals surface area contributed by atoms with Gasteiger partial charge in [-0.2, -0.15) is 0 Å². The van der Waals surface area contributed by atoms with E-state index in [4.69, 9.17) is 4.74 Å². The van der Waals surface area contributed by atoms with Crippen molar-refractivity contribution >= 4 is 23.1 Å². The van der Waals surface area contributed by atoms with E-state index in [2.05, 4.69) is 20.5 Å². The van der Waals surface area contributed by atoms with Crippen molar-refractivity contribution in [3.63, 3.8) is 0 Å². The fourth-order valence-electron chi connectivity index (χ4n) is 4.10. The monoisotopic (exact) mass is 394 g/mol. The summed E-state index contributed by atoms with van der Waals surface area (Å²) in [7, 11) is 0. The Bertz CT molecular complexity index is 795. The molecule has 0 radical (unpaired) electrons. The third-order valence-electron chi connectivity index (χ3n) is 5.74. The van der Waals surface area contributed by atoms with E-state index in [9.17, 15) is 4.79 Å². The van der Waals surface area contributed by atoms with Crippen LogP contribution in [0.1, 0.15) is 48.9 Å². The van der Waals surface area contributed by atoms with Crippen molar-refractivity contribution in [3.8, 4) is 0 Å². The smallest absolute Gasteiger partial charge is 0.257 e. The summed E-state index contributed by atoms with van der Waals surface area (Å²) in [6.07, 6.45) is 9.27. The summed E-state index contributed by atoms with van der Waals surface area (Å²) < 4.78 is 5.44. The zero-order chi connectivity index (χ0) is 19.9. The first-order valence-electron chi connectivity index (χ1n) is 10.8. The number of para-hydroxylation sites is 2. The maximum Gasteiger partial charge on any atom is 0.257 e. The molecular weight excluding hydrogens is 364 g/mol. The van der Waals surface area contributed by atoms with E-state index >= 15 is 0 Å². The summed E-state index contributed by atoms with van der Waals surface area (Å²) >= 11 is 0. The number of ether oxygens (including phenoxy) is 1. The Labute approximate surface area is 172 Å². The van der Waals surface area contributed by atoms with Gasteiger partial charge in [-0.05, 0) is 37.1 Å². The summed E-state index contributed by atoms with van der Waals surface area (Å²) in [6.45, 7) is 3.08. The summed E-state index contributed by atoms with van der Waals surface area (Å²) in [5, 5.41) is 6.58. The van der Waals surface area contributed by atoms with Gasteiger partial charge in [-0.25, -0.2) is 4.98 Å². The largest absolute Gasteiger partial charge is 0.378 e. The minimum atomic E-state index is -0.140. The Morgan fingerprint density at radius 3 is 2.48 bits per heavy atom. The van der Waals surface area contributed by atoms with Gasteiger partial charge >= 0.3 is 0 Å². The van der Waals surface area contributed by atoms with Crippen molar-refractivity contribution in [2.75, 3.05) is 41.8 Å². The topological polar surface area (TPSA) is 66.5 Å². The molecule has 6 nitrogen and oxygen atoms in total. The molecule has 0 unspecified atom stereocenters. The van der Waals surface area contributed by atoms with Crippen LogP contribution in [0.15, 0.2) is 42.6 Å². The Kier molecular flexibility index (Phi) is 6.62. The van der Waals surface area contributed by atoms with Gasteiger partial charge in [0.25, 0.3) is 5.91 Å². The molecule has 1 aliphatic heterocycles. The molecule has 1 amide bonds. The number of anilines is 3. The van der Waals surface area contributed by atoms with E-state index in [0.29, 0.717) is 24.8 Å². The quantitative estimate of drug-likeness (QED) is 0.740. The highest BCUT2D eigenvalue weighted by Gasteiger charge is 2.17. The molecular formula is C23H30N4O2. The number of hydrogen-bond acceptors (Lipinski definition) is 5. The maximum atomic E-state index is 12.8. The molecule has 2 aliphatic rings. The number of morpholine rings is 1. The average Bonchev–Trinajstić information content (AvgIpc) is 3.04. The number of nitrogens with one attached hydrogen (secondary N) is 2. The second kappa shape index (κ2) is 9.74. The average molecular weight is 395 g/mol. The van der Waals surface area contributed by atoms with E-state index in [1.807, 2.05) is 36.4 Å². The van der Waals surface area contributed by atoms with Crippen LogP contribution in [0.5, 0.6) is 0 Å². The van der Waals surface area contributed by atoms with Crippen LogP contribution >= 0.6 is 0 Å². The lowest BCUT2D eigenvalue weighted by Crippen LogP contribution is -2.36. The Morgan fingerprint density at radius 2 is 1.76 bits per heavy atom. The van der Waals surface area contributed by atoms with Gasteiger partial charge in [0.1, 0.15) is 5.82 Å². The first-order valence-corrected chi connectivity index (χ1v) is 10.8. The van der Waals surface area contributed by atoms with Crippen LogP contribution in [0.4, 0.5) is 17.2 Å². The van der Waals surface area contributed by atoms with Crippen molar-refractivity contribution in [2.45, 2.75) is 44.6 Å². The highest BCUT2D eigenvalue weighted by atomic mass is 16.5. The van der Waals surface area contributed by atoms with E-state index in [1.165, 1.54) is 38.5 Å². The van der Waals surface area contributed by atoms with Gasteiger partial charge in [-0.3, -0.25) is 4.79 Å². The molecule has 154 valence electrons. The van der Waals surface area contributed by atoms with Crippen molar-refractivity contribution in [1.82, 2.24) is 4.98 Å². The molecule has 1 saturated carbocycles. The van der Waals surface area contributed by atoms with Gasteiger partial charge in [0.15, 0.2) is 0 Å². The second-order valence-corrected chi connectivity index (χ2v) is 7.84. The molecule has 1 aliphatic carbocycles. The van der Waals surface area contributed by atoms with Crippen molar-refractivity contribution in [1.29, 1.82) is 0 Å². The van der Waals surface area contributed by atoms with Crippen LogP contribution in [0, 0.1) is 0 Å². The Balaban J connectivity index is 1.40. The number of benzene rings is 1. The molecule has 1 saturated heterocycles. The Morgan fingerprint density at radius 1 is 1.00 bits per heavy atom. The number of rotatable bonds is 5. The predicted molar refractivity (Wildman–Crippen MR) is 117 cm³/mol. The SMILES string of the molecule is O=C(Nc1ccccc1N1CCOCC1)c1ccc(NC2CCCCCC2)nc1. The number of nitrogens with zero attached hydrogens (tertiary/aromatic N) is 2. The minimum absolute atomic E-state index is 0.140. The summed E-state index contributed by atoms with van der Waals surface area (Å²) in [5.41, 5.74) is 2.41. The summed E-state index contributed by atoms with van der Waals surface area (Å²) in [4.78, 5) is 19.5. The fraction of sp³-hybridized carbons (Fsp3) is 0.478. The molecule has 2 aromatic rings. The van der Waals surface area contributed by atoms with E-state index in [-0.39, 0.29) is 5.91 Å². The van der Waals surface area contributed by atoms with Crippen LogP contribution < -0.4 is 15.5 Å². The molecule has 2 N–H and O–H groups in total. The molecule has 4 rings (SSSR count). The lowest BCUT2D eigenvalue weighted by molar-refractivity contribution is 0.102. The highest BCUT2D eigenvalue weighted by Crippen LogP contribution is 2.27. The predicted octanol–water partition coefficient (Wildman–Crippen LogP) is 4.31. The van der Waals surface area contributed by atoms with Crippen LogP contribution in [0.3, 0.4) is 0 Å². The number of amides is 1. The number of aromatic nitrogens is 1. The van der Waals surface area contributed by atoms with Crippen molar-refractivity contribution in [3.05, 3.63) is 48.2 Å². The molecule has 2 heterocycles.